The molecule has 0 saturated carbocycles. The molecule has 1 aromatic carbocycles. The van der Waals surface area contributed by atoms with Gasteiger partial charge < -0.3 is 4.90 Å². The van der Waals surface area contributed by atoms with E-state index >= 15 is 0 Å². The summed E-state index contributed by atoms with van der Waals surface area (Å²) in [5.74, 6) is 0.294. The molecule has 2 heteroatoms. The highest BCUT2D eigenvalue weighted by Gasteiger charge is 2.17. The third-order valence-corrected chi connectivity index (χ3v) is 2.73. The number of carbonyl (C=O) groups is 1. The summed E-state index contributed by atoms with van der Waals surface area (Å²) in [6.07, 6.45) is 0. The summed E-state index contributed by atoms with van der Waals surface area (Å²) in [6.45, 7) is 6.83. The van der Waals surface area contributed by atoms with Crippen LogP contribution in [0.1, 0.15) is 28.4 Å². The van der Waals surface area contributed by atoms with Crippen molar-refractivity contribution in [2.24, 2.45) is 5.92 Å². The summed E-state index contributed by atoms with van der Waals surface area (Å²) in [5.41, 5.74) is 3.14. The van der Waals surface area contributed by atoms with Crippen molar-refractivity contribution in [3.8, 4) is 0 Å². The lowest BCUT2D eigenvalue weighted by atomic mass is 9.94. The number of ketones is 1. The highest BCUT2D eigenvalue weighted by atomic mass is 16.1. The zero-order chi connectivity index (χ0) is 12.3. The Bertz CT molecular complexity index is 382. The molecule has 0 bridgehead atoms. The first kappa shape index (κ1) is 12.9. The molecule has 0 spiro atoms. The van der Waals surface area contributed by atoms with E-state index in [1.807, 2.05) is 51.9 Å². The molecule has 0 aromatic heterocycles. The number of hydrogen-bond donors (Lipinski definition) is 0. The molecule has 16 heavy (non-hydrogen) atoms. The van der Waals surface area contributed by atoms with E-state index in [9.17, 15) is 4.79 Å². The van der Waals surface area contributed by atoms with E-state index in [2.05, 4.69) is 6.07 Å². The molecule has 1 unspecified atom stereocenters. The van der Waals surface area contributed by atoms with Crippen molar-refractivity contribution in [1.29, 1.82) is 0 Å². The SMILES string of the molecule is Cc1ccc(C(=O)C(C)CN(C)C)c(C)c1. The number of Topliss-reactive ketones (excluding diaryl/α,β-unsaturated/α-hetero) is 1. The third kappa shape index (κ3) is 3.17. The standard InChI is InChI=1S/C14H21NO/c1-10-6-7-13(11(2)8-10)14(16)12(3)9-15(4)5/h6-8,12H,9H2,1-5H3. The second kappa shape index (κ2) is 5.26. The maximum absolute atomic E-state index is 12.2. The molecule has 2 nitrogen and oxygen atoms in total. The maximum Gasteiger partial charge on any atom is 0.167 e. The van der Waals surface area contributed by atoms with Gasteiger partial charge in [-0.25, -0.2) is 0 Å². The van der Waals surface area contributed by atoms with E-state index in [1.54, 1.807) is 0 Å². The Balaban J connectivity index is 2.88. The lowest BCUT2D eigenvalue weighted by Gasteiger charge is -2.17. The Hall–Kier alpha value is -1.15. The average Bonchev–Trinajstić information content (AvgIpc) is 2.15. The van der Waals surface area contributed by atoms with Crippen LogP contribution in [0, 0.1) is 19.8 Å². The van der Waals surface area contributed by atoms with Crippen molar-refractivity contribution in [2.75, 3.05) is 20.6 Å². The summed E-state index contributed by atoms with van der Waals surface area (Å²) in [5, 5.41) is 0. The Kier molecular flexibility index (Phi) is 4.25. The number of carbonyl (C=O) groups excluding carboxylic acids is 1. The van der Waals surface area contributed by atoms with E-state index in [-0.39, 0.29) is 11.7 Å². The van der Waals surface area contributed by atoms with Crippen molar-refractivity contribution in [1.82, 2.24) is 4.90 Å². The zero-order valence-corrected chi connectivity index (χ0v) is 10.9. The smallest absolute Gasteiger partial charge is 0.167 e. The van der Waals surface area contributed by atoms with E-state index in [1.165, 1.54) is 5.56 Å². The van der Waals surface area contributed by atoms with Crippen molar-refractivity contribution >= 4 is 5.78 Å². The number of hydrogen-bond acceptors (Lipinski definition) is 2. The highest BCUT2D eigenvalue weighted by molar-refractivity contribution is 5.99. The molecule has 0 aliphatic carbocycles. The molecule has 88 valence electrons. The second-order valence-electron chi connectivity index (χ2n) is 4.85. The molecular weight excluding hydrogens is 198 g/mol. The van der Waals surface area contributed by atoms with Crippen LogP contribution in [-0.2, 0) is 0 Å². The van der Waals surface area contributed by atoms with Crippen LogP contribution in [0.4, 0.5) is 0 Å². The number of rotatable bonds is 4. The summed E-state index contributed by atoms with van der Waals surface area (Å²) in [6, 6.07) is 6.01. The molecule has 0 amide bonds. The molecule has 0 heterocycles. The van der Waals surface area contributed by atoms with Gasteiger partial charge in [0.15, 0.2) is 5.78 Å². The van der Waals surface area contributed by atoms with Gasteiger partial charge in [0.25, 0.3) is 0 Å². The van der Waals surface area contributed by atoms with Gasteiger partial charge in [0, 0.05) is 18.0 Å². The van der Waals surface area contributed by atoms with Gasteiger partial charge in [-0.05, 0) is 33.5 Å². The minimum absolute atomic E-state index is 0.0522. The first-order valence-electron chi connectivity index (χ1n) is 5.68. The molecule has 1 rings (SSSR count). The number of aryl methyl sites for hydroxylation is 2. The molecule has 0 aliphatic rings. The minimum atomic E-state index is 0.0522. The van der Waals surface area contributed by atoms with Crippen molar-refractivity contribution in [3.05, 3.63) is 34.9 Å². The zero-order valence-electron chi connectivity index (χ0n) is 10.9. The predicted molar refractivity (Wildman–Crippen MR) is 68.0 cm³/mol. The van der Waals surface area contributed by atoms with Crippen LogP contribution in [0.15, 0.2) is 18.2 Å². The van der Waals surface area contributed by atoms with Gasteiger partial charge in [0.1, 0.15) is 0 Å². The third-order valence-electron chi connectivity index (χ3n) is 2.73. The van der Waals surface area contributed by atoms with Crippen LogP contribution >= 0.6 is 0 Å². The molecule has 0 saturated heterocycles. The van der Waals surface area contributed by atoms with E-state index < -0.39 is 0 Å². The second-order valence-corrected chi connectivity index (χ2v) is 4.85. The molecule has 1 aromatic rings. The number of benzene rings is 1. The Morgan fingerprint density at radius 2 is 1.94 bits per heavy atom. The average molecular weight is 219 g/mol. The number of nitrogens with zero attached hydrogens (tertiary/aromatic N) is 1. The predicted octanol–water partition coefficient (Wildman–Crippen LogP) is 2.68. The van der Waals surface area contributed by atoms with E-state index in [0.717, 1.165) is 17.7 Å². The van der Waals surface area contributed by atoms with E-state index in [4.69, 9.17) is 0 Å². The molecule has 1 atom stereocenters. The van der Waals surface area contributed by atoms with Crippen LogP contribution < -0.4 is 0 Å². The first-order chi connectivity index (χ1) is 7.41. The van der Waals surface area contributed by atoms with E-state index in [0.29, 0.717) is 0 Å². The fourth-order valence-electron chi connectivity index (χ4n) is 1.99. The molecule has 0 N–H and O–H groups in total. The highest BCUT2D eigenvalue weighted by Crippen LogP contribution is 2.15. The Morgan fingerprint density at radius 3 is 2.44 bits per heavy atom. The normalized spacial score (nSPS) is 12.9. The Morgan fingerprint density at radius 1 is 1.31 bits per heavy atom. The van der Waals surface area contributed by atoms with Crippen molar-refractivity contribution in [3.63, 3.8) is 0 Å². The molecule has 0 aliphatic heterocycles. The van der Waals surface area contributed by atoms with Gasteiger partial charge in [-0.2, -0.15) is 0 Å². The van der Waals surface area contributed by atoms with Crippen LogP contribution in [0.3, 0.4) is 0 Å². The van der Waals surface area contributed by atoms with Gasteiger partial charge in [-0.15, -0.1) is 0 Å². The van der Waals surface area contributed by atoms with Crippen molar-refractivity contribution < 1.29 is 4.79 Å². The lowest BCUT2D eigenvalue weighted by Crippen LogP contribution is -2.26. The van der Waals surface area contributed by atoms with Gasteiger partial charge in [0.2, 0.25) is 0 Å². The minimum Gasteiger partial charge on any atom is -0.309 e. The van der Waals surface area contributed by atoms with Crippen LogP contribution in [0.2, 0.25) is 0 Å². The summed E-state index contributed by atoms with van der Waals surface area (Å²) >= 11 is 0. The molecular formula is C14H21NO. The van der Waals surface area contributed by atoms with Crippen LogP contribution in [0.25, 0.3) is 0 Å². The van der Waals surface area contributed by atoms with Crippen LogP contribution in [-0.4, -0.2) is 31.3 Å². The van der Waals surface area contributed by atoms with Gasteiger partial charge in [0.05, 0.1) is 0 Å². The quantitative estimate of drug-likeness (QED) is 0.726. The van der Waals surface area contributed by atoms with Crippen molar-refractivity contribution in [2.45, 2.75) is 20.8 Å². The fourth-order valence-corrected chi connectivity index (χ4v) is 1.99. The maximum atomic E-state index is 12.2. The monoisotopic (exact) mass is 219 g/mol. The fraction of sp³-hybridized carbons (Fsp3) is 0.500. The Labute approximate surface area is 98.3 Å². The summed E-state index contributed by atoms with van der Waals surface area (Å²) in [7, 11) is 3.98. The van der Waals surface area contributed by atoms with Crippen LogP contribution in [0.5, 0.6) is 0 Å². The first-order valence-corrected chi connectivity index (χ1v) is 5.68. The largest absolute Gasteiger partial charge is 0.309 e. The summed E-state index contributed by atoms with van der Waals surface area (Å²) < 4.78 is 0. The lowest BCUT2D eigenvalue weighted by molar-refractivity contribution is 0.0909. The van der Waals surface area contributed by atoms with Gasteiger partial charge >= 0.3 is 0 Å². The van der Waals surface area contributed by atoms with Gasteiger partial charge in [-0.3, -0.25) is 4.79 Å². The molecule has 0 fully saturated rings. The topological polar surface area (TPSA) is 20.3 Å². The molecule has 0 radical (unpaired) electrons. The van der Waals surface area contributed by atoms with Gasteiger partial charge in [-0.1, -0.05) is 30.7 Å². The summed E-state index contributed by atoms with van der Waals surface area (Å²) in [4.78, 5) is 14.2.